The summed E-state index contributed by atoms with van der Waals surface area (Å²) in [6.07, 6.45) is 0.762. The fraction of sp³-hybridized carbons (Fsp3) is 0.240. The summed E-state index contributed by atoms with van der Waals surface area (Å²) < 4.78 is 27.6. The average molecular weight is 435 g/mol. The lowest BCUT2D eigenvalue weighted by molar-refractivity contribution is -0.116. The standard InChI is InChI=1S/C25H25NO6/c1-28-21-13-17-16-7-5-6-8-19(16)32-20(17)14-18(21)26-24(27)10-9-15-11-22(29-2)25(31-4)23(12-15)30-3/h5-8,11-14H,9-10H2,1-4H3,(H,26,27). The van der Waals surface area contributed by atoms with E-state index < -0.39 is 0 Å². The van der Waals surface area contributed by atoms with Crippen molar-refractivity contribution >= 4 is 33.5 Å². The van der Waals surface area contributed by atoms with E-state index in [1.807, 2.05) is 42.5 Å². The van der Waals surface area contributed by atoms with Crippen LogP contribution in [0.15, 0.2) is 52.9 Å². The first-order valence-corrected chi connectivity index (χ1v) is 10.2. The minimum atomic E-state index is -0.146. The molecular formula is C25H25NO6. The van der Waals surface area contributed by atoms with E-state index in [4.69, 9.17) is 23.4 Å². The first-order valence-electron chi connectivity index (χ1n) is 10.2. The molecule has 0 saturated heterocycles. The van der Waals surface area contributed by atoms with E-state index >= 15 is 0 Å². The summed E-state index contributed by atoms with van der Waals surface area (Å²) in [7, 11) is 6.26. The van der Waals surface area contributed by atoms with Crippen LogP contribution in [0.3, 0.4) is 0 Å². The number of furan rings is 1. The van der Waals surface area contributed by atoms with Crippen molar-refractivity contribution in [1.82, 2.24) is 0 Å². The van der Waals surface area contributed by atoms with E-state index in [0.717, 1.165) is 21.9 Å². The van der Waals surface area contributed by atoms with Crippen LogP contribution in [0.1, 0.15) is 12.0 Å². The Kier molecular flexibility index (Phi) is 6.07. The van der Waals surface area contributed by atoms with Crippen LogP contribution in [0.25, 0.3) is 21.9 Å². The Bertz CT molecular complexity index is 1250. The minimum Gasteiger partial charge on any atom is -0.495 e. The summed E-state index contributed by atoms with van der Waals surface area (Å²) in [5.74, 6) is 2.06. The lowest BCUT2D eigenvalue weighted by atomic mass is 10.1. The summed E-state index contributed by atoms with van der Waals surface area (Å²) in [5, 5.41) is 4.88. The van der Waals surface area contributed by atoms with E-state index in [-0.39, 0.29) is 12.3 Å². The van der Waals surface area contributed by atoms with Crippen molar-refractivity contribution in [2.45, 2.75) is 12.8 Å². The summed E-state index contributed by atoms with van der Waals surface area (Å²) in [6, 6.07) is 15.2. The van der Waals surface area contributed by atoms with Gasteiger partial charge in [-0.1, -0.05) is 18.2 Å². The molecule has 0 aliphatic carbocycles. The van der Waals surface area contributed by atoms with Crippen LogP contribution in [0.4, 0.5) is 5.69 Å². The number of benzene rings is 3. The summed E-state index contributed by atoms with van der Waals surface area (Å²) in [6.45, 7) is 0. The van der Waals surface area contributed by atoms with Crippen molar-refractivity contribution in [3.8, 4) is 23.0 Å². The zero-order valence-electron chi connectivity index (χ0n) is 18.5. The van der Waals surface area contributed by atoms with Crippen LogP contribution in [0, 0.1) is 0 Å². The third-order valence-corrected chi connectivity index (χ3v) is 5.34. The highest BCUT2D eigenvalue weighted by atomic mass is 16.5. The SMILES string of the molecule is COc1cc2c(cc1NC(=O)CCc1cc(OC)c(OC)c(OC)c1)oc1ccccc12. The Labute approximate surface area is 185 Å². The molecule has 0 unspecified atom stereocenters. The molecule has 166 valence electrons. The maximum atomic E-state index is 12.7. The highest BCUT2D eigenvalue weighted by molar-refractivity contribution is 6.07. The highest BCUT2D eigenvalue weighted by Gasteiger charge is 2.16. The number of carbonyl (C=O) groups excluding carboxylic acids is 1. The van der Waals surface area contributed by atoms with Crippen molar-refractivity contribution in [3.05, 3.63) is 54.1 Å². The molecule has 4 aromatic rings. The van der Waals surface area contributed by atoms with Gasteiger partial charge in [-0.2, -0.15) is 0 Å². The average Bonchev–Trinajstić information content (AvgIpc) is 3.18. The van der Waals surface area contributed by atoms with Crippen molar-refractivity contribution in [3.63, 3.8) is 0 Å². The fourth-order valence-electron chi connectivity index (χ4n) is 3.77. The van der Waals surface area contributed by atoms with Gasteiger partial charge < -0.3 is 28.7 Å². The van der Waals surface area contributed by atoms with Gasteiger partial charge in [0.05, 0.1) is 34.1 Å². The van der Waals surface area contributed by atoms with Gasteiger partial charge in [-0.25, -0.2) is 0 Å². The van der Waals surface area contributed by atoms with Gasteiger partial charge >= 0.3 is 0 Å². The highest BCUT2D eigenvalue weighted by Crippen LogP contribution is 2.39. The van der Waals surface area contributed by atoms with Crippen molar-refractivity contribution < 1.29 is 28.2 Å². The molecule has 0 aliphatic heterocycles. The predicted octanol–water partition coefficient (Wildman–Crippen LogP) is 5.19. The summed E-state index contributed by atoms with van der Waals surface area (Å²) >= 11 is 0. The summed E-state index contributed by atoms with van der Waals surface area (Å²) in [5.41, 5.74) is 2.94. The van der Waals surface area contributed by atoms with Crippen LogP contribution >= 0.6 is 0 Å². The van der Waals surface area contributed by atoms with Crippen molar-refractivity contribution in [1.29, 1.82) is 0 Å². The lowest BCUT2D eigenvalue weighted by Crippen LogP contribution is -2.13. The van der Waals surface area contributed by atoms with E-state index in [1.54, 1.807) is 34.5 Å². The zero-order chi connectivity index (χ0) is 22.7. The molecule has 1 amide bonds. The Morgan fingerprint density at radius 2 is 1.50 bits per heavy atom. The molecule has 3 aromatic carbocycles. The van der Waals surface area contributed by atoms with Crippen LogP contribution < -0.4 is 24.3 Å². The molecular weight excluding hydrogens is 410 g/mol. The van der Waals surface area contributed by atoms with E-state index in [2.05, 4.69) is 5.32 Å². The third kappa shape index (κ3) is 4.01. The van der Waals surface area contributed by atoms with Crippen LogP contribution in [0.2, 0.25) is 0 Å². The zero-order valence-corrected chi connectivity index (χ0v) is 18.5. The second kappa shape index (κ2) is 9.09. The number of methoxy groups -OCH3 is 4. The van der Waals surface area contributed by atoms with Crippen molar-refractivity contribution in [2.75, 3.05) is 33.8 Å². The van der Waals surface area contributed by atoms with Gasteiger partial charge in [-0.3, -0.25) is 4.79 Å². The number of anilines is 1. The van der Waals surface area contributed by atoms with Crippen LogP contribution in [-0.4, -0.2) is 34.3 Å². The molecule has 1 heterocycles. The van der Waals surface area contributed by atoms with E-state index in [0.29, 0.717) is 40.7 Å². The van der Waals surface area contributed by atoms with Crippen LogP contribution in [-0.2, 0) is 11.2 Å². The van der Waals surface area contributed by atoms with Gasteiger partial charge in [-0.15, -0.1) is 0 Å². The maximum absolute atomic E-state index is 12.7. The molecule has 0 atom stereocenters. The first kappa shape index (κ1) is 21.4. The van der Waals surface area contributed by atoms with Gasteiger partial charge in [0.2, 0.25) is 11.7 Å². The molecule has 4 rings (SSSR count). The maximum Gasteiger partial charge on any atom is 0.224 e. The molecule has 0 aliphatic rings. The number of nitrogens with one attached hydrogen (secondary N) is 1. The number of hydrogen-bond acceptors (Lipinski definition) is 6. The summed E-state index contributed by atoms with van der Waals surface area (Å²) in [4.78, 5) is 12.7. The molecule has 1 aromatic heterocycles. The Morgan fingerprint density at radius 1 is 0.812 bits per heavy atom. The van der Waals surface area contributed by atoms with Gasteiger partial charge in [-0.05, 0) is 36.2 Å². The Morgan fingerprint density at radius 3 is 2.16 bits per heavy atom. The normalized spacial score (nSPS) is 10.9. The van der Waals surface area contributed by atoms with Gasteiger partial charge in [0.1, 0.15) is 16.9 Å². The second-order valence-electron chi connectivity index (χ2n) is 7.23. The number of amides is 1. The predicted molar refractivity (Wildman–Crippen MR) is 123 cm³/mol. The second-order valence-corrected chi connectivity index (χ2v) is 7.23. The first-order chi connectivity index (χ1) is 15.6. The van der Waals surface area contributed by atoms with E-state index in [1.165, 1.54) is 0 Å². The topological polar surface area (TPSA) is 79.2 Å². The largest absolute Gasteiger partial charge is 0.495 e. The molecule has 0 saturated carbocycles. The fourth-order valence-corrected chi connectivity index (χ4v) is 3.77. The molecule has 0 radical (unpaired) electrons. The molecule has 1 N–H and O–H groups in total. The van der Waals surface area contributed by atoms with Gasteiger partial charge in [0.25, 0.3) is 0 Å². The molecule has 0 fully saturated rings. The monoisotopic (exact) mass is 435 g/mol. The van der Waals surface area contributed by atoms with Gasteiger partial charge in [0.15, 0.2) is 11.5 Å². The van der Waals surface area contributed by atoms with Crippen molar-refractivity contribution in [2.24, 2.45) is 0 Å². The van der Waals surface area contributed by atoms with E-state index in [9.17, 15) is 4.79 Å². The molecule has 7 nitrogen and oxygen atoms in total. The number of aryl methyl sites for hydroxylation is 1. The third-order valence-electron chi connectivity index (χ3n) is 5.34. The smallest absolute Gasteiger partial charge is 0.224 e. The molecule has 7 heteroatoms. The number of ether oxygens (including phenoxy) is 4. The lowest BCUT2D eigenvalue weighted by Gasteiger charge is -2.14. The minimum absolute atomic E-state index is 0.146. The number of fused-ring (bicyclic) bond motifs is 3. The number of carbonyl (C=O) groups is 1. The Balaban J connectivity index is 1.53. The van der Waals surface area contributed by atoms with Gasteiger partial charge in [0, 0.05) is 23.3 Å². The Hall–Kier alpha value is -3.87. The molecule has 0 spiro atoms. The van der Waals surface area contributed by atoms with Crippen LogP contribution in [0.5, 0.6) is 23.0 Å². The number of rotatable bonds is 8. The quantitative estimate of drug-likeness (QED) is 0.410. The molecule has 32 heavy (non-hydrogen) atoms. The number of para-hydroxylation sites is 1. The number of hydrogen-bond donors (Lipinski definition) is 1. The molecule has 0 bridgehead atoms.